The topological polar surface area (TPSA) is 17.8 Å². The van der Waals surface area contributed by atoms with E-state index in [1.54, 1.807) is 6.07 Å². The molecule has 19 heavy (non-hydrogen) atoms. The van der Waals surface area contributed by atoms with E-state index in [1.165, 1.54) is 0 Å². The van der Waals surface area contributed by atoms with E-state index in [0.29, 0.717) is 15.5 Å². The summed E-state index contributed by atoms with van der Waals surface area (Å²) < 4.78 is 16.6. The Hall–Kier alpha value is -0.360. The molecular weight excluding hydrogens is 378 g/mol. The first-order valence-electron chi connectivity index (χ1n) is 6.36. The van der Waals surface area contributed by atoms with Crippen LogP contribution in [0.1, 0.15) is 32.1 Å². The Balaban J connectivity index is 2.21. The average molecular weight is 393 g/mol. The molecule has 5 heteroatoms. The number of rotatable bonds is 3. The third-order valence-corrected chi connectivity index (χ3v) is 4.91. The zero-order valence-corrected chi connectivity index (χ0v) is 13.8. The van der Waals surface area contributed by atoms with Crippen LogP contribution in [0, 0.1) is 14.8 Å². The van der Waals surface area contributed by atoms with Gasteiger partial charge in [0, 0.05) is 24.4 Å². The maximum atomic E-state index is 13.8. The molecule has 2 nitrogen and oxygen atoms in total. The molecule has 1 heterocycles. The van der Waals surface area contributed by atoms with E-state index >= 15 is 0 Å². The SMILES string of the molecule is CC1(C)CC1n1c(CCCl)nc2cc(I)c(F)cc21. The monoisotopic (exact) mass is 392 g/mol. The summed E-state index contributed by atoms with van der Waals surface area (Å²) in [6.45, 7) is 4.47. The zero-order valence-electron chi connectivity index (χ0n) is 10.9. The van der Waals surface area contributed by atoms with Crippen molar-refractivity contribution in [2.75, 3.05) is 5.88 Å². The lowest BCUT2D eigenvalue weighted by atomic mass is 10.2. The van der Waals surface area contributed by atoms with Gasteiger partial charge in [0.05, 0.1) is 14.6 Å². The van der Waals surface area contributed by atoms with Crippen LogP contribution in [-0.4, -0.2) is 15.4 Å². The molecule has 1 aliphatic rings. The molecule has 0 saturated heterocycles. The fourth-order valence-electron chi connectivity index (χ4n) is 2.63. The van der Waals surface area contributed by atoms with Gasteiger partial charge in [-0.15, -0.1) is 11.6 Å². The van der Waals surface area contributed by atoms with Crippen molar-refractivity contribution in [1.82, 2.24) is 9.55 Å². The Kier molecular flexibility index (Phi) is 3.29. The van der Waals surface area contributed by atoms with E-state index in [0.717, 1.165) is 29.7 Å². The standard InChI is InChI=1S/C14H15ClFIN2/c1-14(2)7-12(14)19-11-5-8(16)9(17)6-10(11)18-13(19)3-4-15/h5-6,12H,3-4,7H2,1-2H3. The van der Waals surface area contributed by atoms with E-state index in [9.17, 15) is 4.39 Å². The van der Waals surface area contributed by atoms with Crippen molar-refractivity contribution in [1.29, 1.82) is 0 Å². The van der Waals surface area contributed by atoms with Gasteiger partial charge in [0.2, 0.25) is 0 Å². The van der Waals surface area contributed by atoms with Gasteiger partial charge in [-0.05, 0) is 40.5 Å². The molecule has 1 aromatic carbocycles. The van der Waals surface area contributed by atoms with E-state index < -0.39 is 0 Å². The minimum absolute atomic E-state index is 0.176. The highest BCUT2D eigenvalue weighted by Gasteiger charge is 2.48. The second-order valence-corrected chi connectivity index (χ2v) is 7.34. The molecule has 1 aromatic heterocycles. The molecule has 0 bridgehead atoms. The quantitative estimate of drug-likeness (QED) is 0.554. The first-order valence-corrected chi connectivity index (χ1v) is 7.97. The van der Waals surface area contributed by atoms with E-state index in [4.69, 9.17) is 11.6 Å². The molecule has 1 unspecified atom stereocenters. The molecule has 0 aliphatic heterocycles. The normalized spacial score (nSPS) is 21.0. The first kappa shape index (κ1) is 13.6. The lowest BCUT2D eigenvalue weighted by Crippen LogP contribution is -2.06. The molecule has 1 saturated carbocycles. The number of nitrogens with zero attached hydrogens (tertiary/aromatic N) is 2. The number of aryl methyl sites for hydroxylation is 1. The van der Waals surface area contributed by atoms with E-state index in [2.05, 4.69) is 23.4 Å². The van der Waals surface area contributed by atoms with E-state index in [-0.39, 0.29) is 11.2 Å². The van der Waals surface area contributed by atoms with Gasteiger partial charge in [0.1, 0.15) is 11.6 Å². The molecule has 1 atom stereocenters. The van der Waals surface area contributed by atoms with Crippen molar-refractivity contribution in [3.05, 3.63) is 27.3 Å². The van der Waals surface area contributed by atoms with Crippen LogP contribution in [0.4, 0.5) is 4.39 Å². The van der Waals surface area contributed by atoms with Gasteiger partial charge >= 0.3 is 0 Å². The molecule has 0 amide bonds. The predicted octanol–water partition coefficient (Wildman–Crippen LogP) is 4.53. The minimum Gasteiger partial charge on any atom is -0.324 e. The maximum Gasteiger partial charge on any atom is 0.138 e. The molecule has 2 aromatic rings. The van der Waals surface area contributed by atoms with Crippen LogP contribution in [0.5, 0.6) is 0 Å². The number of hydrogen-bond acceptors (Lipinski definition) is 1. The van der Waals surface area contributed by atoms with Gasteiger partial charge in [0.15, 0.2) is 0 Å². The van der Waals surface area contributed by atoms with Crippen LogP contribution in [0.15, 0.2) is 12.1 Å². The highest BCUT2D eigenvalue weighted by molar-refractivity contribution is 14.1. The van der Waals surface area contributed by atoms with Gasteiger partial charge in [0.25, 0.3) is 0 Å². The van der Waals surface area contributed by atoms with Crippen molar-refractivity contribution in [3.8, 4) is 0 Å². The summed E-state index contributed by atoms with van der Waals surface area (Å²) in [5.74, 6) is 1.34. The van der Waals surface area contributed by atoms with Crippen LogP contribution < -0.4 is 0 Å². The maximum absolute atomic E-state index is 13.8. The molecule has 1 aliphatic carbocycles. The number of fused-ring (bicyclic) bond motifs is 1. The average Bonchev–Trinajstić information content (AvgIpc) is 2.80. The van der Waals surface area contributed by atoms with Gasteiger partial charge in [-0.25, -0.2) is 9.37 Å². The molecular formula is C14H15ClFIN2. The number of alkyl halides is 1. The second kappa shape index (κ2) is 4.58. The van der Waals surface area contributed by atoms with Crippen LogP contribution in [0.3, 0.4) is 0 Å². The fraction of sp³-hybridized carbons (Fsp3) is 0.500. The highest BCUT2D eigenvalue weighted by atomic mass is 127. The summed E-state index contributed by atoms with van der Waals surface area (Å²) in [7, 11) is 0. The van der Waals surface area contributed by atoms with Crippen LogP contribution in [-0.2, 0) is 6.42 Å². The number of hydrogen-bond donors (Lipinski definition) is 0. The van der Waals surface area contributed by atoms with E-state index in [1.807, 2.05) is 28.7 Å². The Morgan fingerprint density at radius 1 is 1.53 bits per heavy atom. The van der Waals surface area contributed by atoms with Gasteiger partial charge < -0.3 is 4.57 Å². The predicted molar refractivity (Wildman–Crippen MR) is 84.3 cm³/mol. The van der Waals surface area contributed by atoms with Crippen molar-refractivity contribution >= 4 is 45.2 Å². The number of aromatic nitrogens is 2. The smallest absolute Gasteiger partial charge is 0.138 e. The van der Waals surface area contributed by atoms with Crippen molar-refractivity contribution in [2.24, 2.45) is 5.41 Å². The zero-order chi connectivity index (χ0) is 13.8. The summed E-state index contributed by atoms with van der Waals surface area (Å²) in [6.07, 6.45) is 1.84. The summed E-state index contributed by atoms with van der Waals surface area (Å²) in [6, 6.07) is 3.83. The third-order valence-electron chi connectivity index (χ3n) is 3.90. The largest absolute Gasteiger partial charge is 0.324 e. The van der Waals surface area contributed by atoms with Gasteiger partial charge in [-0.2, -0.15) is 0 Å². The summed E-state index contributed by atoms with van der Waals surface area (Å²) in [4.78, 5) is 4.64. The fourth-order valence-corrected chi connectivity index (χ4v) is 3.25. The molecule has 0 N–H and O–H groups in total. The van der Waals surface area contributed by atoms with Crippen LogP contribution in [0.25, 0.3) is 11.0 Å². The summed E-state index contributed by atoms with van der Waals surface area (Å²) >= 11 is 7.87. The van der Waals surface area contributed by atoms with Crippen molar-refractivity contribution in [3.63, 3.8) is 0 Å². The second-order valence-electron chi connectivity index (χ2n) is 5.80. The Labute approximate surface area is 130 Å². The Bertz CT molecular complexity index is 650. The number of benzene rings is 1. The van der Waals surface area contributed by atoms with Crippen LogP contribution in [0.2, 0.25) is 0 Å². The number of imidazole rings is 1. The third kappa shape index (κ3) is 2.27. The minimum atomic E-state index is -0.176. The van der Waals surface area contributed by atoms with Gasteiger partial charge in [-0.1, -0.05) is 13.8 Å². The molecule has 102 valence electrons. The molecule has 0 spiro atoms. The summed E-state index contributed by atoms with van der Waals surface area (Å²) in [5.41, 5.74) is 2.04. The lowest BCUT2D eigenvalue weighted by molar-refractivity contribution is 0.536. The lowest BCUT2D eigenvalue weighted by Gasteiger charge is -2.10. The molecule has 3 rings (SSSR count). The van der Waals surface area contributed by atoms with Crippen molar-refractivity contribution < 1.29 is 4.39 Å². The van der Waals surface area contributed by atoms with Gasteiger partial charge in [-0.3, -0.25) is 0 Å². The summed E-state index contributed by atoms with van der Waals surface area (Å²) in [5, 5.41) is 0. The Morgan fingerprint density at radius 3 is 2.79 bits per heavy atom. The van der Waals surface area contributed by atoms with Crippen LogP contribution >= 0.6 is 34.2 Å². The highest BCUT2D eigenvalue weighted by Crippen LogP contribution is 2.56. The molecule has 1 fully saturated rings. The Morgan fingerprint density at radius 2 is 2.21 bits per heavy atom. The number of halogens is 3. The molecule has 0 radical (unpaired) electrons. The first-order chi connectivity index (χ1) is 8.94. The van der Waals surface area contributed by atoms with Crippen molar-refractivity contribution in [2.45, 2.75) is 32.7 Å².